The standard InChI is InChI=1S/C53H65N3O2/c1-13-17-36(18-14-2)47-32-57-51(55-47)38-27-37(49-43(33(3)4)19-15-20-44(49)34(5)6)28-42(29-38)58-41-26-35(7)25-40(31-41)56-48-23-22-39(52(8,9)10)30-46(48)53(11,12)45-21-16-24-54-50(45)56/h15-16,19-31,33-34,36,47H,13-14,17-18,32H2,1-12H3/t47-/m0/s1. The molecule has 304 valence electrons. The van der Waals surface area contributed by atoms with Crippen LogP contribution in [0.25, 0.3) is 11.1 Å². The van der Waals surface area contributed by atoms with Crippen LogP contribution in [0, 0.1) is 12.8 Å². The highest BCUT2D eigenvalue weighted by molar-refractivity contribution is 5.97. The molecule has 0 bridgehead atoms. The van der Waals surface area contributed by atoms with Crippen molar-refractivity contribution in [3.63, 3.8) is 0 Å². The van der Waals surface area contributed by atoms with E-state index in [4.69, 9.17) is 19.5 Å². The fourth-order valence-electron chi connectivity index (χ4n) is 9.20. The quantitative estimate of drug-likeness (QED) is 0.127. The summed E-state index contributed by atoms with van der Waals surface area (Å²) in [6, 6.07) is 31.3. The maximum atomic E-state index is 7.03. The fourth-order valence-corrected chi connectivity index (χ4v) is 9.20. The molecule has 58 heavy (non-hydrogen) atoms. The predicted molar refractivity (Wildman–Crippen MR) is 244 cm³/mol. The van der Waals surface area contributed by atoms with Crippen LogP contribution in [0.2, 0.25) is 0 Å². The number of pyridine rings is 1. The molecule has 0 N–H and O–H groups in total. The Morgan fingerprint density at radius 2 is 1.47 bits per heavy atom. The summed E-state index contributed by atoms with van der Waals surface area (Å²) in [7, 11) is 0. The Labute approximate surface area is 349 Å². The van der Waals surface area contributed by atoms with Gasteiger partial charge in [0.15, 0.2) is 0 Å². The van der Waals surface area contributed by atoms with Crippen LogP contribution in [-0.2, 0) is 15.6 Å². The molecule has 0 unspecified atom stereocenters. The molecule has 2 aliphatic heterocycles. The van der Waals surface area contributed by atoms with Gasteiger partial charge in [0.1, 0.15) is 23.9 Å². The van der Waals surface area contributed by atoms with Crippen LogP contribution >= 0.6 is 0 Å². The summed E-state index contributed by atoms with van der Waals surface area (Å²) in [5.74, 6) is 4.43. The number of anilines is 3. The van der Waals surface area contributed by atoms with Crippen molar-refractivity contribution in [2.45, 2.75) is 137 Å². The first kappa shape index (κ1) is 41.3. The van der Waals surface area contributed by atoms with E-state index in [0.717, 1.165) is 64.1 Å². The van der Waals surface area contributed by atoms with Gasteiger partial charge in [-0.1, -0.05) is 125 Å². The van der Waals surface area contributed by atoms with Gasteiger partial charge in [-0.05, 0) is 124 Å². The van der Waals surface area contributed by atoms with Gasteiger partial charge in [-0.25, -0.2) is 9.98 Å². The van der Waals surface area contributed by atoms with Gasteiger partial charge in [0, 0.05) is 28.8 Å². The third-order valence-corrected chi connectivity index (χ3v) is 12.3. The van der Waals surface area contributed by atoms with Crippen molar-refractivity contribution in [2.75, 3.05) is 11.5 Å². The molecule has 5 nitrogen and oxygen atoms in total. The molecule has 5 heteroatoms. The first-order chi connectivity index (χ1) is 27.6. The van der Waals surface area contributed by atoms with E-state index in [1.54, 1.807) is 0 Å². The summed E-state index contributed by atoms with van der Waals surface area (Å²) in [6.45, 7) is 27.9. The van der Waals surface area contributed by atoms with Gasteiger partial charge in [-0.3, -0.25) is 4.90 Å². The molecule has 0 radical (unpaired) electrons. The van der Waals surface area contributed by atoms with E-state index in [1.807, 2.05) is 6.20 Å². The number of benzene rings is 4. The molecule has 0 fully saturated rings. The van der Waals surface area contributed by atoms with E-state index in [2.05, 4.69) is 173 Å². The van der Waals surface area contributed by atoms with E-state index < -0.39 is 0 Å². The monoisotopic (exact) mass is 776 g/mol. The van der Waals surface area contributed by atoms with E-state index in [9.17, 15) is 0 Å². The molecule has 0 spiro atoms. The lowest BCUT2D eigenvalue weighted by molar-refractivity contribution is 0.261. The number of fused-ring (bicyclic) bond motifs is 2. The summed E-state index contributed by atoms with van der Waals surface area (Å²) in [4.78, 5) is 12.6. The number of ether oxygens (including phenoxy) is 2. The van der Waals surface area contributed by atoms with Gasteiger partial charge in [0.2, 0.25) is 5.90 Å². The van der Waals surface area contributed by atoms with Crippen molar-refractivity contribution in [3.05, 3.63) is 130 Å². The lowest BCUT2D eigenvalue weighted by atomic mass is 9.72. The number of aryl methyl sites for hydroxylation is 1. The molecule has 3 heterocycles. The predicted octanol–water partition coefficient (Wildman–Crippen LogP) is 14.9. The third kappa shape index (κ3) is 8.07. The van der Waals surface area contributed by atoms with Gasteiger partial charge in [0.25, 0.3) is 0 Å². The van der Waals surface area contributed by atoms with Crippen LogP contribution in [-0.4, -0.2) is 23.5 Å². The average molecular weight is 776 g/mol. The van der Waals surface area contributed by atoms with Crippen LogP contribution in [0.1, 0.15) is 153 Å². The zero-order chi connectivity index (χ0) is 41.5. The van der Waals surface area contributed by atoms with E-state index >= 15 is 0 Å². The Balaban J connectivity index is 1.36. The topological polar surface area (TPSA) is 47.0 Å². The van der Waals surface area contributed by atoms with E-state index in [1.165, 1.54) is 46.2 Å². The molecule has 0 amide bonds. The van der Waals surface area contributed by atoms with E-state index in [-0.39, 0.29) is 16.9 Å². The van der Waals surface area contributed by atoms with Crippen molar-refractivity contribution in [1.29, 1.82) is 0 Å². The minimum atomic E-state index is -0.227. The van der Waals surface area contributed by atoms with Gasteiger partial charge in [-0.15, -0.1) is 0 Å². The lowest BCUT2D eigenvalue weighted by Crippen LogP contribution is -2.32. The molecule has 0 saturated heterocycles. The summed E-state index contributed by atoms with van der Waals surface area (Å²) in [5.41, 5.74) is 12.9. The molecular weight excluding hydrogens is 711 g/mol. The first-order valence-corrected chi connectivity index (χ1v) is 21.8. The largest absolute Gasteiger partial charge is 0.475 e. The van der Waals surface area contributed by atoms with E-state index in [0.29, 0.717) is 24.4 Å². The van der Waals surface area contributed by atoms with Crippen molar-refractivity contribution in [1.82, 2.24) is 4.98 Å². The molecule has 0 saturated carbocycles. The second-order valence-corrected chi connectivity index (χ2v) is 18.9. The molecular formula is C53H65N3O2. The first-order valence-electron chi connectivity index (χ1n) is 21.8. The minimum absolute atomic E-state index is 0.0250. The number of hydrogen-bond donors (Lipinski definition) is 0. The molecule has 4 aromatic carbocycles. The minimum Gasteiger partial charge on any atom is -0.475 e. The molecule has 1 atom stereocenters. The van der Waals surface area contributed by atoms with Crippen molar-refractivity contribution < 1.29 is 9.47 Å². The van der Waals surface area contributed by atoms with Crippen molar-refractivity contribution >= 4 is 23.1 Å². The highest BCUT2D eigenvalue weighted by Gasteiger charge is 2.39. The Bertz CT molecular complexity index is 2280. The summed E-state index contributed by atoms with van der Waals surface area (Å²) in [5, 5.41) is 0. The van der Waals surface area contributed by atoms with Gasteiger partial charge < -0.3 is 9.47 Å². The lowest BCUT2D eigenvalue weighted by Gasteiger charge is -2.41. The highest BCUT2D eigenvalue weighted by Crippen LogP contribution is 2.52. The molecule has 5 aromatic rings. The smallest absolute Gasteiger partial charge is 0.216 e. The molecule has 1 aromatic heterocycles. The van der Waals surface area contributed by atoms with Gasteiger partial charge in [-0.2, -0.15) is 0 Å². The average Bonchev–Trinajstić information content (AvgIpc) is 3.67. The van der Waals surface area contributed by atoms with Crippen LogP contribution in [0.5, 0.6) is 11.5 Å². The van der Waals surface area contributed by atoms with Crippen molar-refractivity contribution in [3.8, 4) is 22.6 Å². The Morgan fingerprint density at radius 3 is 2.12 bits per heavy atom. The van der Waals surface area contributed by atoms with Gasteiger partial charge in [0.05, 0.1) is 17.4 Å². The Hall–Kier alpha value is -4.90. The maximum Gasteiger partial charge on any atom is 0.216 e. The molecule has 0 aliphatic carbocycles. The number of aliphatic imine (C=N–C) groups is 1. The summed E-state index contributed by atoms with van der Waals surface area (Å²) < 4.78 is 13.5. The molecule has 7 rings (SSSR count). The zero-order valence-corrected chi connectivity index (χ0v) is 37.2. The number of aromatic nitrogens is 1. The van der Waals surface area contributed by atoms with Crippen molar-refractivity contribution in [2.24, 2.45) is 10.9 Å². The molecule has 2 aliphatic rings. The Morgan fingerprint density at radius 1 is 0.793 bits per heavy atom. The van der Waals surface area contributed by atoms with Crippen LogP contribution in [0.15, 0.2) is 96.1 Å². The summed E-state index contributed by atoms with van der Waals surface area (Å²) in [6.07, 6.45) is 6.55. The SMILES string of the molecule is CCCC(CCC)[C@@H]1COC(c2cc(Oc3cc(C)cc(N4c5ccc(C(C)(C)C)cc5C(C)(C)c5cccnc54)c3)cc(-c3c(C(C)C)cccc3C(C)C)c2)=N1. The van der Waals surface area contributed by atoms with Gasteiger partial charge >= 0.3 is 0 Å². The Kier molecular flexibility index (Phi) is 11.7. The summed E-state index contributed by atoms with van der Waals surface area (Å²) >= 11 is 0. The number of nitrogens with zero attached hydrogens (tertiary/aromatic N) is 3. The zero-order valence-electron chi connectivity index (χ0n) is 37.2. The number of rotatable bonds is 12. The van der Waals surface area contributed by atoms with Crippen LogP contribution < -0.4 is 9.64 Å². The third-order valence-electron chi connectivity index (χ3n) is 12.3. The second kappa shape index (κ2) is 16.4. The maximum absolute atomic E-state index is 7.03. The number of hydrogen-bond acceptors (Lipinski definition) is 5. The van der Waals surface area contributed by atoms with Crippen LogP contribution in [0.4, 0.5) is 17.2 Å². The normalized spacial score (nSPS) is 16.1. The van der Waals surface area contributed by atoms with Crippen LogP contribution in [0.3, 0.4) is 0 Å². The second-order valence-electron chi connectivity index (χ2n) is 18.9. The fraction of sp³-hybridized carbons (Fsp3) is 0.434. The highest BCUT2D eigenvalue weighted by atomic mass is 16.5.